The van der Waals surface area contributed by atoms with Gasteiger partial charge in [-0.05, 0) is 50.3 Å². The summed E-state index contributed by atoms with van der Waals surface area (Å²) in [6.45, 7) is 3.72. The normalized spacial score (nSPS) is 11.5. The Morgan fingerprint density at radius 2 is 1.50 bits per heavy atom. The second kappa shape index (κ2) is 8.13. The molecule has 0 aliphatic heterocycles. The number of nitrogens with two attached hydrogens (primary N) is 1. The highest BCUT2D eigenvalue weighted by Crippen LogP contribution is 2.31. The average molecular weight is 394 g/mol. The minimum Gasteiger partial charge on any atom is -0.402 e. The number of nitrogens with one attached hydrogen (secondary N) is 2. The van der Waals surface area contributed by atoms with Gasteiger partial charge in [0.2, 0.25) is 0 Å². The third-order valence-corrected chi connectivity index (χ3v) is 4.59. The Labute approximate surface area is 175 Å². The summed E-state index contributed by atoms with van der Waals surface area (Å²) in [7, 11) is 0. The van der Waals surface area contributed by atoms with E-state index >= 15 is 0 Å². The minimum atomic E-state index is 0.281. The van der Waals surface area contributed by atoms with Gasteiger partial charge in [-0.25, -0.2) is 9.97 Å². The summed E-state index contributed by atoms with van der Waals surface area (Å²) in [6, 6.07) is 21.5. The van der Waals surface area contributed by atoms with Gasteiger partial charge in [0.1, 0.15) is 5.69 Å². The molecule has 4 N–H and O–H groups in total. The van der Waals surface area contributed by atoms with E-state index in [1.807, 2.05) is 73.7 Å². The molecule has 0 bridgehead atoms. The number of aryl methyl sites for hydroxylation is 1. The number of allylic oxidation sites excluding steroid dienone is 2. The van der Waals surface area contributed by atoms with Crippen molar-refractivity contribution in [1.82, 2.24) is 20.2 Å². The number of H-pyrrole nitrogens is 1. The Balaban J connectivity index is 1.78. The zero-order valence-electron chi connectivity index (χ0n) is 16.8. The van der Waals surface area contributed by atoms with Crippen LogP contribution in [0, 0.1) is 12.3 Å². The molecule has 0 saturated heterocycles. The second-order valence-electron chi connectivity index (χ2n) is 7.10. The molecule has 6 nitrogen and oxygen atoms in total. The number of nitrogens with zero attached hydrogens (tertiary/aromatic N) is 3. The summed E-state index contributed by atoms with van der Waals surface area (Å²) in [5.41, 5.74) is 13.3. The molecule has 0 radical (unpaired) electrons. The Morgan fingerprint density at radius 1 is 0.867 bits per heavy atom. The van der Waals surface area contributed by atoms with Crippen molar-refractivity contribution in [3.63, 3.8) is 0 Å². The molecular formula is C24H22N6. The fraction of sp³-hybridized carbons (Fsp3) is 0.0833. The van der Waals surface area contributed by atoms with Gasteiger partial charge in [-0.15, -0.1) is 0 Å². The molecule has 0 saturated carbocycles. The van der Waals surface area contributed by atoms with Crippen LogP contribution in [0.1, 0.15) is 18.3 Å². The number of pyridine rings is 2. The molecule has 0 aliphatic rings. The predicted octanol–water partition coefficient (Wildman–Crippen LogP) is 4.74. The molecule has 0 spiro atoms. The van der Waals surface area contributed by atoms with Crippen LogP contribution in [0.3, 0.4) is 0 Å². The van der Waals surface area contributed by atoms with Crippen LogP contribution in [0.4, 0.5) is 0 Å². The van der Waals surface area contributed by atoms with Gasteiger partial charge in [0.05, 0.1) is 28.5 Å². The van der Waals surface area contributed by atoms with Gasteiger partial charge in [-0.1, -0.05) is 36.4 Å². The number of aromatic nitrogens is 4. The highest BCUT2D eigenvalue weighted by Gasteiger charge is 2.12. The van der Waals surface area contributed by atoms with Crippen molar-refractivity contribution < 1.29 is 0 Å². The van der Waals surface area contributed by atoms with E-state index in [9.17, 15) is 0 Å². The number of hydrogen-bond donors (Lipinski definition) is 3. The maximum Gasteiger partial charge on any atom is 0.111 e. The Morgan fingerprint density at radius 3 is 2.13 bits per heavy atom. The third kappa shape index (κ3) is 4.03. The summed E-state index contributed by atoms with van der Waals surface area (Å²) >= 11 is 0. The van der Waals surface area contributed by atoms with Crippen molar-refractivity contribution in [3.8, 4) is 33.9 Å². The van der Waals surface area contributed by atoms with Crippen molar-refractivity contribution >= 4 is 5.71 Å². The van der Waals surface area contributed by atoms with Crippen LogP contribution in [0.15, 0.2) is 78.5 Å². The highest BCUT2D eigenvalue weighted by atomic mass is 15.1. The first-order valence-corrected chi connectivity index (χ1v) is 9.60. The van der Waals surface area contributed by atoms with E-state index in [4.69, 9.17) is 21.1 Å². The van der Waals surface area contributed by atoms with Gasteiger partial charge in [-0.3, -0.25) is 10.5 Å². The lowest BCUT2D eigenvalue weighted by molar-refractivity contribution is 1.05. The molecule has 4 rings (SSSR count). The van der Waals surface area contributed by atoms with Crippen LogP contribution in [-0.2, 0) is 0 Å². The zero-order valence-corrected chi connectivity index (χ0v) is 16.8. The molecular weight excluding hydrogens is 372 g/mol. The summed E-state index contributed by atoms with van der Waals surface area (Å²) in [5.74, 6) is 0. The number of hydrogen-bond acceptors (Lipinski definition) is 5. The van der Waals surface area contributed by atoms with Crippen LogP contribution in [0.2, 0.25) is 0 Å². The molecule has 0 amide bonds. The van der Waals surface area contributed by atoms with Crippen LogP contribution in [-0.4, -0.2) is 25.9 Å². The largest absolute Gasteiger partial charge is 0.402 e. The molecule has 3 heterocycles. The van der Waals surface area contributed by atoms with E-state index in [1.165, 1.54) is 0 Å². The van der Waals surface area contributed by atoms with Crippen molar-refractivity contribution in [2.75, 3.05) is 0 Å². The van der Waals surface area contributed by atoms with E-state index in [1.54, 1.807) is 13.0 Å². The lowest BCUT2D eigenvalue weighted by Gasteiger charge is -2.11. The fourth-order valence-electron chi connectivity index (χ4n) is 3.24. The lowest BCUT2D eigenvalue weighted by atomic mass is 10.00. The first-order chi connectivity index (χ1) is 14.5. The number of benzene rings is 1. The van der Waals surface area contributed by atoms with Crippen molar-refractivity contribution in [1.29, 1.82) is 5.41 Å². The molecule has 30 heavy (non-hydrogen) atoms. The first-order valence-electron chi connectivity index (χ1n) is 9.60. The summed E-state index contributed by atoms with van der Waals surface area (Å²) in [6.07, 6.45) is 1.61. The van der Waals surface area contributed by atoms with E-state index in [-0.39, 0.29) is 5.71 Å². The molecule has 6 heteroatoms. The molecule has 148 valence electrons. The molecule has 0 fully saturated rings. The topological polar surface area (TPSA) is 104 Å². The minimum absolute atomic E-state index is 0.281. The van der Waals surface area contributed by atoms with Crippen LogP contribution in [0.5, 0.6) is 0 Å². The smallest absolute Gasteiger partial charge is 0.111 e. The summed E-state index contributed by atoms with van der Waals surface area (Å²) in [5, 5.41) is 15.5. The molecule has 0 aliphatic carbocycles. The van der Waals surface area contributed by atoms with E-state index < -0.39 is 0 Å². The van der Waals surface area contributed by atoms with Gasteiger partial charge < -0.3 is 5.73 Å². The summed E-state index contributed by atoms with van der Waals surface area (Å²) < 4.78 is 0. The maximum absolute atomic E-state index is 8.22. The molecule has 0 atom stereocenters. The van der Waals surface area contributed by atoms with Gasteiger partial charge >= 0.3 is 0 Å². The maximum atomic E-state index is 8.22. The first kappa shape index (κ1) is 19.3. The Kier molecular flexibility index (Phi) is 5.22. The third-order valence-electron chi connectivity index (χ3n) is 4.59. The molecule has 4 aromatic rings. The quantitative estimate of drug-likeness (QED) is 0.425. The number of aromatic amines is 1. The number of rotatable bonds is 5. The fourth-order valence-corrected chi connectivity index (χ4v) is 3.24. The zero-order chi connectivity index (χ0) is 21.1. The second-order valence-corrected chi connectivity index (χ2v) is 7.10. The molecule has 3 aromatic heterocycles. The average Bonchev–Trinajstić information content (AvgIpc) is 3.20. The lowest BCUT2D eigenvalue weighted by Crippen LogP contribution is -2.03. The van der Waals surface area contributed by atoms with Crippen molar-refractivity contribution in [2.45, 2.75) is 13.8 Å². The van der Waals surface area contributed by atoms with Gasteiger partial charge in [0, 0.05) is 22.5 Å². The van der Waals surface area contributed by atoms with Gasteiger partial charge in [-0.2, -0.15) is 5.10 Å². The van der Waals surface area contributed by atoms with Crippen LogP contribution >= 0.6 is 0 Å². The van der Waals surface area contributed by atoms with E-state index in [2.05, 4.69) is 10.2 Å². The molecule has 0 unspecified atom stereocenters. The van der Waals surface area contributed by atoms with Gasteiger partial charge in [0.15, 0.2) is 0 Å². The standard InChI is InChI=1S/C24H22N6/c1-15(25)13-19(26)22-11-5-9-20(27-22)17-7-3-4-8-18(17)21-10-6-12-23(28-21)24-14-16(2)29-30-24/h3-14,26H,25H2,1-2H3,(H,29,30). The van der Waals surface area contributed by atoms with Crippen molar-refractivity contribution in [2.24, 2.45) is 5.73 Å². The van der Waals surface area contributed by atoms with E-state index in [0.29, 0.717) is 11.4 Å². The predicted molar refractivity (Wildman–Crippen MR) is 120 cm³/mol. The van der Waals surface area contributed by atoms with Crippen LogP contribution < -0.4 is 5.73 Å². The SMILES string of the molecule is CC(N)=CC(=N)c1cccc(-c2ccccc2-c2cccc(-c3cc(C)[nH]n3)n2)n1. The van der Waals surface area contributed by atoms with Crippen molar-refractivity contribution in [3.05, 3.63) is 89.9 Å². The highest BCUT2D eigenvalue weighted by molar-refractivity contribution is 6.05. The summed E-state index contributed by atoms with van der Waals surface area (Å²) in [4.78, 5) is 9.53. The molecule has 1 aromatic carbocycles. The monoisotopic (exact) mass is 394 g/mol. The Hall–Kier alpha value is -4.06. The van der Waals surface area contributed by atoms with Crippen LogP contribution in [0.25, 0.3) is 33.9 Å². The van der Waals surface area contributed by atoms with Gasteiger partial charge in [0.25, 0.3) is 0 Å². The Bertz CT molecular complexity index is 1250. The van der Waals surface area contributed by atoms with E-state index in [0.717, 1.165) is 39.6 Å².